The van der Waals surface area contributed by atoms with E-state index in [4.69, 9.17) is 0 Å². The van der Waals surface area contributed by atoms with E-state index in [0.29, 0.717) is 5.56 Å². The fraction of sp³-hybridized carbons (Fsp3) is 0.250. The highest BCUT2D eigenvalue weighted by molar-refractivity contribution is 5.79. The first-order chi connectivity index (χ1) is 10.8. The van der Waals surface area contributed by atoms with Gasteiger partial charge in [0, 0.05) is 12.4 Å². The summed E-state index contributed by atoms with van der Waals surface area (Å²) in [7, 11) is 0. The summed E-state index contributed by atoms with van der Waals surface area (Å²) in [5.41, 5.74) is 1.52. The molecule has 4 nitrogen and oxygen atoms in total. The van der Waals surface area contributed by atoms with Crippen LogP contribution in [-0.4, -0.2) is 17.3 Å². The molecular weight excluding hydrogens is 309 g/mol. The molecular formula is C16H15F3N2O2. The van der Waals surface area contributed by atoms with Gasteiger partial charge < -0.3 is 10.1 Å². The molecule has 122 valence electrons. The number of amides is 1. The molecule has 0 saturated heterocycles. The Balaban J connectivity index is 1.90. The molecule has 0 saturated carbocycles. The molecule has 0 bridgehead atoms. The number of alkyl halides is 3. The van der Waals surface area contributed by atoms with Gasteiger partial charge in [-0.05, 0) is 42.3 Å². The monoisotopic (exact) mass is 324 g/mol. The minimum Gasteiger partial charge on any atom is -0.406 e. The van der Waals surface area contributed by atoms with Gasteiger partial charge in [-0.3, -0.25) is 9.78 Å². The van der Waals surface area contributed by atoms with Crippen LogP contribution in [0.15, 0.2) is 48.8 Å². The summed E-state index contributed by atoms with van der Waals surface area (Å²) >= 11 is 0. The van der Waals surface area contributed by atoms with E-state index in [1.165, 1.54) is 24.3 Å². The van der Waals surface area contributed by atoms with Gasteiger partial charge in [-0.2, -0.15) is 0 Å². The van der Waals surface area contributed by atoms with Crippen LogP contribution in [0.5, 0.6) is 5.75 Å². The molecule has 0 aliphatic carbocycles. The second-order valence-electron chi connectivity index (χ2n) is 4.94. The average Bonchev–Trinajstić information content (AvgIpc) is 2.48. The predicted octanol–water partition coefficient (Wildman–Crippen LogP) is 3.40. The molecule has 0 aliphatic rings. The normalized spacial score (nSPS) is 12.5. The van der Waals surface area contributed by atoms with Crippen LogP contribution in [0.4, 0.5) is 13.2 Å². The summed E-state index contributed by atoms with van der Waals surface area (Å²) < 4.78 is 40.0. The lowest BCUT2D eigenvalue weighted by molar-refractivity contribution is -0.274. The van der Waals surface area contributed by atoms with Gasteiger partial charge in [0.15, 0.2) is 0 Å². The third-order valence-electron chi connectivity index (χ3n) is 3.11. The molecule has 1 aromatic heterocycles. The van der Waals surface area contributed by atoms with E-state index in [1.54, 1.807) is 24.5 Å². The quantitative estimate of drug-likeness (QED) is 0.917. The molecule has 0 radical (unpaired) electrons. The molecule has 23 heavy (non-hydrogen) atoms. The van der Waals surface area contributed by atoms with Crippen LogP contribution in [0.3, 0.4) is 0 Å². The van der Waals surface area contributed by atoms with Crippen molar-refractivity contribution in [2.24, 2.45) is 0 Å². The minimum absolute atomic E-state index is 0.0712. The maximum Gasteiger partial charge on any atom is 0.573 e. The van der Waals surface area contributed by atoms with Gasteiger partial charge in [0.2, 0.25) is 5.91 Å². The Bertz CT molecular complexity index is 643. The molecule has 2 rings (SSSR count). The Morgan fingerprint density at radius 3 is 2.35 bits per heavy atom. The van der Waals surface area contributed by atoms with Crippen LogP contribution in [0.25, 0.3) is 0 Å². The standard InChI is InChI=1S/C16H15F3N2O2/c1-11(13-6-8-20-9-7-13)21-15(22)10-12-2-4-14(5-3-12)23-16(17,18)19/h2-9,11H,10H2,1H3,(H,21,22). The van der Waals surface area contributed by atoms with Crippen LogP contribution in [-0.2, 0) is 11.2 Å². The zero-order valence-corrected chi connectivity index (χ0v) is 12.3. The number of rotatable bonds is 5. The first-order valence-corrected chi connectivity index (χ1v) is 6.87. The maximum atomic E-state index is 12.1. The van der Waals surface area contributed by atoms with Crippen molar-refractivity contribution >= 4 is 5.91 Å². The number of pyridine rings is 1. The van der Waals surface area contributed by atoms with Crippen LogP contribution >= 0.6 is 0 Å². The fourth-order valence-corrected chi connectivity index (χ4v) is 2.02. The van der Waals surface area contributed by atoms with Crippen molar-refractivity contribution < 1.29 is 22.7 Å². The number of hydrogen-bond acceptors (Lipinski definition) is 3. The summed E-state index contributed by atoms with van der Waals surface area (Å²) in [6, 6.07) is 8.64. The lowest BCUT2D eigenvalue weighted by atomic mass is 10.1. The van der Waals surface area contributed by atoms with Crippen molar-refractivity contribution in [1.82, 2.24) is 10.3 Å². The number of carbonyl (C=O) groups is 1. The molecule has 0 spiro atoms. The van der Waals surface area contributed by atoms with E-state index >= 15 is 0 Å². The summed E-state index contributed by atoms with van der Waals surface area (Å²) in [6.07, 6.45) is -1.38. The van der Waals surface area contributed by atoms with Crippen molar-refractivity contribution in [2.45, 2.75) is 25.7 Å². The second-order valence-corrected chi connectivity index (χ2v) is 4.94. The summed E-state index contributed by atoms with van der Waals surface area (Å²) in [5, 5.41) is 2.82. The number of nitrogens with zero attached hydrogens (tertiary/aromatic N) is 1. The number of ether oxygens (including phenoxy) is 1. The topological polar surface area (TPSA) is 51.2 Å². The molecule has 0 fully saturated rings. The van der Waals surface area contributed by atoms with Crippen molar-refractivity contribution in [2.75, 3.05) is 0 Å². The Kier molecular flexibility index (Phi) is 5.20. The molecule has 1 aromatic carbocycles. The highest BCUT2D eigenvalue weighted by atomic mass is 19.4. The van der Waals surface area contributed by atoms with Crippen LogP contribution in [0, 0.1) is 0 Å². The lowest BCUT2D eigenvalue weighted by Gasteiger charge is -2.14. The highest BCUT2D eigenvalue weighted by Gasteiger charge is 2.30. The Morgan fingerprint density at radius 2 is 1.78 bits per heavy atom. The highest BCUT2D eigenvalue weighted by Crippen LogP contribution is 2.22. The number of benzene rings is 1. The molecule has 1 amide bonds. The summed E-state index contributed by atoms with van der Waals surface area (Å²) in [5.74, 6) is -0.536. The van der Waals surface area contributed by atoms with Crippen LogP contribution in [0.2, 0.25) is 0 Å². The second kappa shape index (κ2) is 7.13. The zero-order chi connectivity index (χ0) is 16.9. The van der Waals surface area contributed by atoms with E-state index in [-0.39, 0.29) is 24.1 Å². The average molecular weight is 324 g/mol. The van der Waals surface area contributed by atoms with Gasteiger partial charge in [-0.1, -0.05) is 12.1 Å². The van der Waals surface area contributed by atoms with E-state index in [2.05, 4.69) is 15.0 Å². The molecule has 1 heterocycles. The van der Waals surface area contributed by atoms with E-state index in [1.807, 2.05) is 6.92 Å². The molecule has 1 N–H and O–H groups in total. The number of carbonyl (C=O) groups excluding carboxylic acids is 1. The maximum absolute atomic E-state index is 12.1. The third-order valence-corrected chi connectivity index (χ3v) is 3.11. The zero-order valence-electron chi connectivity index (χ0n) is 12.3. The van der Waals surface area contributed by atoms with Crippen molar-refractivity contribution in [3.63, 3.8) is 0 Å². The van der Waals surface area contributed by atoms with Gasteiger partial charge in [-0.15, -0.1) is 13.2 Å². The fourth-order valence-electron chi connectivity index (χ4n) is 2.02. The molecule has 7 heteroatoms. The Morgan fingerprint density at radius 1 is 1.17 bits per heavy atom. The largest absolute Gasteiger partial charge is 0.573 e. The summed E-state index contributed by atoms with van der Waals surface area (Å²) in [4.78, 5) is 15.9. The number of hydrogen-bond donors (Lipinski definition) is 1. The van der Waals surface area contributed by atoms with Gasteiger partial charge in [0.05, 0.1) is 12.5 Å². The Labute approximate surface area is 131 Å². The van der Waals surface area contributed by atoms with Gasteiger partial charge >= 0.3 is 6.36 Å². The van der Waals surface area contributed by atoms with Crippen molar-refractivity contribution in [3.8, 4) is 5.75 Å². The van der Waals surface area contributed by atoms with Crippen LogP contribution < -0.4 is 10.1 Å². The van der Waals surface area contributed by atoms with Gasteiger partial charge in [0.25, 0.3) is 0 Å². The van der Waals surface area contributed by atoms with Gasteiger partial charge in [0.1, 0.15) is 5.75 Å². The van der Waals surface area contributed by atoms with Crippen LogP contribution in [0.1, 0.15) is 24.1 Å². The first-order valence-electron chi connectivity index (χ1n) is 6.87. The molecule has 2 aromatic rings. The summed E-state index contributed by atoms with van der Waals surface area (Å²) in [6.45, 7) is 1.84. The van der Waals surface area contributed by atoms with E-state index < -0.39 is 6.36 Å². The van der Waals surface area contributed by atoms with E-state index in [0.717, 1.165) is 5.56 Å². The number of nitrogens with one attached hydrogen (secondary N) is 1. The SMILES string of the molecule is CC(NC(=O)Cc1ccc(OC(F)(F)F)cc1)c1ccncc1. The Hall–Kier alpha value is -2.57. The predicted molar refractivity (Wildman–Crippen MR) is 77.6 cm³/mol. The van der Waals surface area contributed by atoms with Crippen molar-refractivity contribution in [3.05, 3.63) is 59.9 Å². The van der Waals surface area contributed by atoms with Gasteiger partial charge in [-0.25, -0.2) is 0 Å². The third kappa shape index (κ3) is 5.61. The number of aromatic nitrogens is 1. The molecule has 1 unspecified atom stereocenters. The van der Waals surface area contributed by atoms with E-state index in [9.17, 15) is 18.0 Å². The first kappa shape index (κ1) is 16.8. The number of halogens is 3. The lowest BCUT2D eigenvalue weighted by Crippen LogP contribution is -2.28. The minimum atomic E-state index is -4.72. The smallest absolute Gasteiger partial charge is 0.406 e. The molecule has 1 atom stereocenters. The van der Waals surface area contributed by atoms with Crippen molar-refractivity contribution in [1.29, 1.82) is 0 Å². The molecule has 0 aliphatic heterocycles.